The molecule has 2 aliphatic heterocycles. The number of piperidine rings is 1. The first kappa shape index (κ1) is 13.5. The van der Waals surface area contributed by atoms with Crippen LogP contribution in [0, 0.1) is 6.92 Å². The maximum absolute atomic E-state index is 11.6. The number of aromatic nitrogens is 1. The zero-order valence-corrected chi connectivity index (χ0v) is 12.1. The zero-order chi connectivity index (χ0) is 14.2. The molecule has 1 spiro atoms. The highest BCUT2D eigenvalue weighted by atomic mass is 16.7. The second-order valence-corrected chi connectivity index (χ2v) is 5.93. The SMILES string of the molecule is Cc1ccc(CN2CCC3(CC2)CC(=O)N(C)O3)cn1. The van der Waals surface area contributed by atoms with E-state index in [0.717, 1.165) is 38.2 Å². The Balaban J connectivity index is 1.56. The Bertz CT molecular complexity index is 492. The summed E-state index contributed by atoms with van der Waals surface area (Å²) in [6.45, 7) is 4.86. The predicted octanol–water partition coefficient (Wildman–Crippen LogP) is 1.52. The number of hydroxylamine groups is 2. The van der Waals surface area contributed by atoms with Crippen molar-refractivity contribution < 1.29 is 9.63 Å². The van der Waals surface area contributed by atoms with Crippen molar-refractivity contribution in [3.63, 3.8) is 0 Å². The lowest BCUT2D eigenvalue weighted by Crippen LogP contribution is -2.44. The van der Waals surface area contributed by atoms with Gasteiger partial charge in [0.1, 0.15) is 5.60 Å². The lowest BCUT2D eigenvalue weighted by atomic mass is 9.88. The van der Waals surface area contributed by atoms with Gasteiger partial charge in [-0.15, -0.1) is 0 Å². The molecule has 0 atom stereocenters. The zero-order valence-electron chi connectivity index (χ0n) is 12.1. The van der Waals surface area contributed by atoms with Crippen LogP contribution in [-0.4, -0.2) is 46.6 Å². The van der Waals surface area contributed by atoms with Crippen molar-refractivity contribution in [1.82, 2.24) is 14.9 Å². The van der Waals surface area contributed by atoms with Gasteiger partial charge in [-0.05, 0) is 31.4 Å². The molecule has 0 bridgehead atoms. The third-order valence-corrected chi connectivity index (χ3v) is 4.30. The molecule has 2 saturated heterocycles. The fourth-order valence-electron chi connectivity index (χ4n) is 3.00. The number of carbonyl (C=O) groups excluding carboxylic acids is 1. The van der Waals surface area contributed by atoms with E-state index in [1.807, 2.05) is 13.1 Å². The minimum absolute atomic E-state index is 0.0983. The van der Waals surface area contributed by atoms with Gasteiger partial charge in [0.05, 0.1) is 6.42 Å². The van der Waals surface area contributed by atoms with Crippen LogP contribution in [0.2, 0.25) is 0 Å². The highest BCUT2D eigenvalue weighted by molar-refractivity contribution is 5.77. The minimum Gasteiger partial charge on any atom is -0.299 e. The van der Waals surface area contributed by atoms with Crippen LogP contribution < -0.4 is 0 Å². The average molecular weight is 275 g/mol. The van der Waals surface area contributed by atoms with Crippen LogP contribution in [0.15, 0.2) is 18.3 Å². The number of aryl methyl sites for hydroxylation is 1. The van der Waals surface area contributed by atoms with Crippen molar-refractivity contribution in [3.05, 3.63) is 29.6 Å². The number of likely N-dealkylation sites (tertiary alicyclic amines) is 1. The van der Waals surface area contributed by atoms with Crippen molar-refractivity contribution in [2.45, 2.75) is 38.3 Å². The van der Waals surface area contributed by atoms with Gasteiger partial charge in [-0.2, -0.15) is 0 Å². The summed E-state index contributed by atoms with van der Waals surface area (Å²) in [5.41, 5.74) is 2.05. The summed E-state index contributed by atoms with van der Waals surface area (Å²) in [5, 5.41) is 1.40. The van der Waals surface area contributed by atoms with E-state index in [2.05, 4.69) is 22.0 Å². The average Bonchev–Trinajstić information content (AvgIpc) is 2.70. The smallest absolute Gasteiger partial charge is 0.248 e. The Morgan fingerprint density at radius 3 is 2.65 bits per heavy atom. The van der Waals surface area contributed by atoms with Gasteiger partial charge in [0, 0.05) is 38.6 Å². The third-order valence-electron chi connectivity index (χ3n) is 4.30. The first-order chi connectivity index (χ1) is 9.56. The van der Waals surface area contributed by atoms with E-state index in [0.29, 0.717) is 6.42 Å². The van der Waals surface area contributed by atoms with Crippen LogP contribution in [0.25, 0.3) is 0 Å². The standard InChI is InChI=1S/C15H21N3O2/c1-12-3-4-13(10-16-12)11-18-7-5-15(6-8-18)9-14(19)17(2)20-15/h3-4,10H,5-9,11H2,1-2H3. The molecule has 3 heterocycles. The summed E-state index contributed by atoms with van der Waals surface area (Å²) in [6, 6.07) is 4.19. The molecule has 0 radical (unpaired) electrons. The molecule has 0 aliphatic carbocycles. The Kier molecular flexibility index (Phi) is 3.48. The molecule has 0 unspecified atom stereocenters. The van der Waals surface area contributed by atoms with E-state index in [1.165, 1.54) is 10.6 Å². The lowest BCUT2D eigenvalue weighted by molar-refractivity contribution is -0.199. The van der Waals surface area contributed by atoms with Gasteiger partial charge >= 0.3 is 0 Å². The van der Waals surface area contributed by atoms with E-state index < -0.39 is 0 Å². The number of pyridine rings is 1. The van der Waals surface area contributed by atoms with E-state index in [1.54, 1.807) is 7.05 Å². The van der Waals surface area contributed by atoms with Crippen molar-refractivity contribution >= 4 is 5.91 Å². The fourth-order valence-corrected chi connectivity index (χ4v) is 3.00. The monoisotopic (exact) mass is 275 g/mol. The Morgan fingerprint density at radius 2 is 2.10 bits per heavy atom. The molecule has 1 aromatic heterocycles. The van der Waals surface area contributed by atoms with E-state index in [4.69, 9.17) is 4.84 Å². The second-order valence-electron chi connectivity index (χ2n) is 5.93. The first-order valence-corrected chi connectivity index (χ1v) is 7.16. The molecule has 0 saturated carbocycles. The maximum Gasteiger partial charge on any atom is 0.248 e. The van der Waals surface area contributed by atoms with Gasteiger partial charge in [-0.3, -0.25) is 19.5 Å². The van der Waals surface area contributed by atoms with E-state index in [9.17, 15) is 4.79 Å². The van der Waals surface area contributed by atoms with Crippen LogP contribution >= 0.6 is 0 Å². The summed E-state index contributed by atoms with van der Waals surface area (Å²) in [4.78, 5) is 24.1. The highest BCUT2D eigenvalue weighted by Gasteiger charge is 2.45. The summed E-state index contributed by atoms with van der Waals surface area (Å²) in [6.07, 6.45) is 4.32. The Morgan fingerprint density at radius 1 is 1.35 bits per heavy atom. The number of rotatable bonds is 2. The molecule has 3 rings (SSSR count). The molecule has 1 amide bonds. The first-order valence-electron chi connectivity index (χ1n) is 7.16. The number of hydrogen-bond acceptors (Lipinski definition) is 4. The molecular formula is C15H21N3O2. The predicted molar refractivity (Wildman–Crippen MR) is 74.7 cm³/mol. The van der Waals surface area contributed by atoms with Gasteiger partial charge in [-0.1, -0.05) is 6.07 Å². The van der Waals surface area contributed by atoms with Crippen molar-refractivity contribution in [3.8, 4) is 0 Å². The van der Waals surface area contributed by atoms with Gasteiger partial charge in [-0.25, -0.2) is 5.06 Å². The highest BCUT2D eigenvalue weighted by Crippen LogP contribution is 2.36. The topological polar surface area (TPSA) is 45.7 Å². The van der Waals surface area contributed by atoms with E-state index >= 15 is 0 Å². The second kappa shape index (κ2) is 5.14. The molecule has 5 heteroatoms. The number of hydrogen-bond donors (Lipinski definition) is 0. The molecule has 0 aromatic carbocycles. The Hall–Kier alpha value is -1.46. The minimum atomic E-state index is -0.242. The van der Waals surface area contributed by atoms with Crippen molar-refractivity contribution in [2.24, 2.45) is 0 Å². The van der Waals surface area contributed by atoms with Crippen LogP contribution in [0.4, 0.5) is 0 Å². The molecule has 108 valence electrons. The van der Waals surface area contributed by atoms with Crippen LogP contribution in [0.3, 0.4) is 0 Å². The van der Waals surface area contributed by atoms with Crippen LogP contribution in [-0.2, 0) is 16.2 Å². The summed E-state index contributed by atoms with van der Waals surface area (Å²) < 4.78 is 0. The molecule has 2 fully saturated rings. The van der Waals surface area contributed by atoms with Gasteiger partial charge in [0.25, 0.3) is 0 Å². The van der Waals surface area contributed by atoms with Gasteiger partial charge in [0.15, 0.2) is 0 Å². The van der Waals surface area contributed by atoms with Crippen molar-refractivity contribution in [1.29, 1.82) is 0 Å². The normalized spacial score (nSPS) is 22.7. The molecule has 20 heavy (non-hydrogen) atoms. The largest absolute Gasteiger partial charge is 0.299 e. The number of amides is 1. The Labute approximate surface area is 119 Å². The van der Waals surface area contributed by atoms with E-state index in [-0.39, 0.29) is 11.5 Å². The van der Waals surface area contributed by atoms with Crippen LogP contribution in [0.5, 0.6) is 0 Å². The summed E-state index contributed by atoms with van der Waals surface area (Å²) >= 11 is 0. The molecule has 5 nitrogen and oxygen atoms in total. The maximum atomic E-state index is 11.6. The third kappa shape index (κ3) is 2.69. The quantitative estimate of drug-likeness (QED) is 0.821. The lowest BCUT2D eigenvalue weighted by Gasteiger charge is -2.37. The van der Waals surface area contributed by atoms with Gasteiger partial charge < -0.3 is 0 Å². The summed E-state index contributed by atoms with van der Waals surface area (Å²) in [7, 11) is 1.71. The molecule has 0 N–H and O–H groups in total. The summed E-state index contributed by atoms with van der Waals surface area (Å²) in [5.74, 6) is 0.0983. The molecule has 1 aromatic rings. The molecule has 2 aliphatic rings. The number of carbonyl (C=O) groups is 1. The van der Waals surface area contributed by atoms with Crippen LogP contribution in [0.1, 0.15) is 30.5 Å². The van der Waals surface area contributed by atoms with Crippen molar-refractivity contribution in [2.75, 3.05) is 20.1 Å². The fraction of sp³-hybridized carbons (Fsp3) is 0.600. The molecular weight excluding hydrogens is 254 g/mol. The number of nitrogens with zero attached hydrogens (tertiary/aromatic N) is 3. The van der Waals surface area contributed by atoms with Gasteiger partial charge in [0.2, 0.25) is 5.91 Å².